The molecule has 0 atom stereocenters. The standard InChI is InChI=1S/C25H24N2O2S2/c1-15(29)16-6-8-17(9-7-16)21(26-4)13-18-12-19-23(30-18)24-20(25(19,2)3)14-22(31-24)27(5)10-11-28/h6-9,12-14,28H,10-11H2,1-3,5H3/b21-13-. The van der Waals surface area contributed by atoms with Crippen molar-refractivity contribution in [1.82, 2.24) is 0 Å². The molecule has 0 amide bonds. The van der Waals surface area contributed by atoms with Gasteiger partial charge in [-0.25, -0.2) is 4.85 Å². The number of likely N-dealkylation sites (N-methyl/N-ethyl adjacent to an activating group) is 1. The molecule has 0 bridgehead atoms. The van der Waals surface area contributed by atoms with E-state index in [9.17, 15) is 9.90 Å². The first-order chi connectivity index (χ1) is 14.8. The van der Waals surface area contributed by atoms with Crippen molar-refractivity contribution < 1.29 is 9.90 Å². The van der Waals surface area contributed by atoms with Crippen LogP contribution in [0.4, 0.5) is 5.00 Å². The van der Waals surface area contributed by atoms with E-state index in [-0.39, 0.29) is 17.8 Å². The molecule has 1 aromatic carbocycles. The van der Waals surface area contributed by atoms with Gasteiger partial charge in [0, 0.05) is 34.3 Å². The van der Waals surface area contributed by atoms with Crippen molar-refractivity contribution in [1.29, 1.82) is 0 Å². The second-order valence-corrected chi connectivity index (χ2v) is 10.4. The normalized spacial score (nSPS) is 14.1. The Morgan fingerprint density at radius 2 is 1.74 bits per heavy atom. The van der Waals surface area contributed by atoms with E-state index in [0.717, 1.165) is 15.4 Å². The molecule has 0 spiro atoms. The van der Waals surface area contributed by atoms with E-state index in [2.05, 4.69) is 35.7 Å². The minimum atomic E-state index is -0.0938. The largest absolute Gasteiger partial charge is 0.395 e. The number of aliphatic hydroxyl groups is 1. The quantitative estimate of drug-likeness (QED) is 0.363. The Morgan fingerprint density at radius 1 is 1.13 bits per heavy atom. The first kappa shape index (κ1) is 21.5. The van der Waals surface area contributed by atoms with E-state index < -0.39 is 0 Å². The summed E-state index contributed by atoms with van der Waals surface area (Å²) >= 11 is 3.49. The van der Waals surface area contributed by atoms with Gasteiger partial charge in [0.1, 0.15) is 0 Å². The molecule has 2 heterocycles. The fourth-order valence-corrected chi connectivity index (χ4v) is 6.63. The molecular weight excluding hydrogens is 424 g/mol. The summed E-state index contributed by atoms with van der Waals surface area (Å²) in [5, 5.41) is 10.4. The topological polar surface area (TPSA) is 44.9 Å². The van der Waals surface area contributed by atoms with Crippen LogP contribution in [0.5, 0.6) is 0 Å². The van der Waals surface area contributed by atoms with Crippen LogP contribution in [0.3, 0.4) is 0 Å². The molecule has 4 nitrogen and oxygen atoms in total. The van der Waals surface area contributed by atoms with Crippen LogP contribution in [0.2, 0.25) is 0 Å². The monoisotopic (exact) mass is 448 g/mol. The summed E-state index contributed by atoms with van der Waals surface area (Å²) in [6.07, 6.45) is 1.95. The van der Waals surface area contributed by atoms with Crippen molar-refractivity contribution in [2.75, 3.05) is 25.1 Å². The zero-order chi connectivity index (χ0) is 22.3. The third-order valence-electron chi connectivity index (χ3n) is 5.82. The third-order valence-corrected chi connectivity index (χ3v) is 8.32. The summed E-state index contributed by atoms with van der Waals surface area (Å²) in [7, 11) is 2.01. The first-order valence-corrected chi connectivity index (χ1v) is 11.7. The summed E-state index contributed by atoms with van der Waals surface area (Å²) in [5.41, 5.74) is 4.58. The smallest absolute Gasteiger partial charge is 0.195 e. The van der Waals surface area contributed by atoms with E-state index in [1.54, 1.807) is 41.7 Å². The third kappa shape index (κ3) is 3.74. The van der Waals surface area contributed by atoms with Crippen LogP contribution < -0.4 is 4.90 Å². The highest BCUT2D eigenvalue weighted by molar-refractivity contribution is 7.25. The van der Waals surface area contributed by atoms with Gasteiger partial charge in [-0.1, -0.05) is 38.1 Å². The molecule has 0 saturated heterocycles. The van der Waals surface area contributed by atoms with Crippen LogP contribution in [0.1, 0.15) is 52.7 Å². The molecule has 0 saturated carbocycles. The second-order valence-electron chi connectivity index (χ2n) is 8.26. The minimum Gasteiger partial charge on any atom is -0.395 e. The maximum Gasteiger partial charge on any atom is 0.195 e. The predicted molar refractivity (Wildman–Crippen MR) is 131 cm³/mol. The number of thiophene rings is 2. The Morgan fingerprint density at radius 3 is 2.35 bits per heavy atom. The van der Waals surface area contributed by atoms with Gasteiger partial charge >= 0.3 is 0 Å². The Hall–Kier alpha value is -2.72. The van der Waals surface area contributed by atoms with Gasteiger partial charge in [-0.3, -0.25) is 4.79 Å². The zero-order valence-corrected chi connectivity index (χ0v) is 19.7. The van der Waals surface area contributed by atoms with Gasteiger partial charge in [0.05, 0.1) is 23.1 Å². The molecular formula is C25H24N2O2S2. The highest BCUT2D eigenvalue weighted by Gasteiger charge is 2.39. The fourth-order valence-electron chi connectivity index (χ4n) is 3.91. The number of nitrogens with zero attached hydrogens (tertiary/aromatic N) is 2. The summed E-state index contributed by atoms with van der Waals surface area (Å²) in [6, 6.07) is 11.7. The number of Topliss-reactive ketones (excluding diaryl/α,β-unsaturated/α-hetero) is 1. The highest BCUT2D eigenvalue weighted by atomic mass is 32.1. The minimum absolute atomic E-state index is 0.0209. The van der Waals surface area contributed by atoms with Gasteiger partial charge in [0.2, 0.25) is 0 Å². The molecule has 0 unspecified atom stereocenters. The number of carbonyl (C=O) groups is 1. The van der Waals surface area contributed by atoms with E-state index in [0.29, 0.717) is 17.8 Å². The van der Waals surface area contributed by atoms with Gasteiger partial charge in [-0.05, 0) is 41.8 Å². The van der Waals surface area contributed by atoms with Crippen LogP contribution in [0.15, 0.2) is 36.4 Å². The average Bonchev–Trinajstić information content (AvgIpc) is 3.41. The molecule has 158 valence electrons. The Balaban J connectivity index is 1.71. The van der Waals surface area contributed by atoms with Gasteiger partial charge in [-0.15, -0.1) is 22.7 Å². The number of hydrogen-bond acceptors (Lipinski definition) is 5. The van der Waals surface area contributed by atoms with Crippen molar-refractivity contribution in [3.8, 4) is 9.75 Å². The summed E-state index contributed by atoms with van der Waals surface area (Å²) in [6.45, 7) is 14.4. The molecule has 3 aromatic rings. The van der Waals surface area contributed by atoms with E-state index in [1.165, 1.54) is 20.9 Å². The number of carbonyl (C=O) groups excluding carboxylic acids is 1. The number of benzene rings is 1. The number of ketones is 1. The molecule has 1 N–H and O–H groups in total. The summed E-state index contributed by atoms with van der Waals surface area (Å²) in [5.74, 6) is 0.0209. The lowest BCUT2D eigenvalue weighted by Crippen LogP contribution is -2.20. The SMILES string of the molecule is [C-]#[N+]/C(=C\c1cc2c(s1)-c1sc(N(C)CCO)cc1C2(C)C)c1ccc(C(C)=O)cc1. The van der Waals surface area contributed by atoms with Gasteiger partial charge in [-0.2, -0.15) is 0 Å². The number of hydrogen-bond donors (Lipinski definition) is 1. The van der Waals surface area contributed by atoms with E-state index in [4.69, 9.17) is 6.57 Å². The highest BCUT2D eigenvalue weighted by Crippen LogP contribution is 2.57. The van der Waals surface area contributed by atoms with Gasteiger partial charge < -0.3 is 10.0 Å². The molecule has 0 radical (unpaired) electrons. The van der Waals surface area contributed by atoms with Crippen LogP contribution in [-0.2, 0) is 5.41 Å². The van der Waals surface area contributed by atoms with Crippen molar-refractivity contribution >= 4 is 45.2 Å². The Kier molecular flexibility index (Phi) is 5.61. The molecule has 1 aliphatic rings. The maximum absolute atomic E-state index is 11.5. The lowest BCUT2D eigenvalue weighted by molar-refractivity contribution is 0.101. The molecule has 0 fully saturated rings. The number of fused-ring (bicyclic) bond motifs is 3. The summed E-state index contributed by atoms with van der Waals surface area (Å²) in [4.78, 5) is 21.0. The van der Waals surface area contributed by atoms with Gasteiger partial charge in [0.15, 0.2) is 11.5 Å². The van der Waals surface area contributed by atoms with Crippen molar-refractivity contribution in [2.24, 2.45) is 0 Å². The van der Waals surface area contributed by atoms with Crippen LogP contribution in [0, 0.1) is 6.57 Å². The van der Waals surface area contributed by atoms with Crippen molar-refractivity contribution in [3.63, 3.8) is 0 Å². The fraction of sp³-hybridized carbons (Fsp3) is 0.280. The van der Waals surface area contributed by atoms with Crippen LogP contribution in [0.25, 0.3) is 26.4 Å². The Labute approximate surface area is 190 Å². The van der Waals surface area contributed by atoms with Crippen molar-refractivity contribution in [3.05, 3.63) is 74.9 Å². The average molecular weight is 449 g/mol. The lowest BCUT2D eigenvalue weighted by atomic mass is 9.84. The molecule has 2 aromatic heterocycles. The maximum atomic E-state index is 11.5. The molecule has 6 heteroatoms. The van der Waals surface area contributed by atoms with Gasteiger partial charge in [0.25, 0.3) is 0 Å². The number of aliphatic hydroxyl groups excluding tert-OH is 1. The van der Waals surface area contributed by atoms with Crippen molar-refractivity contribution in [2.45, 2.75) is 26.2 Å². The molecule has 4 rings (SSSR count). The molecule has 31 heavy (non-hydrogen) atoms. The van der Waals surface area contributed by atoms with E-state index >= 15 is 0 Å². The second kappa shape index (κ2) is 8.08. The number of anilines is 1. The number of rotatable bonds is 6. The lowest BCUT2D eigenvalue weighted by Gasteiger charge is -2.20. The molecule has 0 aliphatic heterocycles. The molecule has 1 aliphatic carbocycles. The zero-order valence-electron chi connectivity index (χ0n) is 18.0. The summed E-state index contributed by atoms with van der Waals surface area (Å²) < 4.78 is 0. The van der Waals surface area contributed by atoms with Crippen LogP contribution >= 0.6 is 22.7 Å². The van der Waals surface area contributed by atoms with E-state index in [1.807, 2.05) is 25.3 Å². The van der Waals surface area contributed by atoms with Crippen LogP contribution in [-0.4, -0.2) is 31.1 Å². The first-order valence-electron chi connectivity index (χ1n) is 10.1. The predicted octanol–water partition coefficient (Wildman–Crippen LogP) is 6.16. The Bertz CT molecular complexity index is 1220.